The average Bonchev–Trinajstić information content (AvgIpc) is 3.16. The first-order valence-electron chi connectivity index (χ1n) is 7.51. The molecule has 0 spiro atoms. The molecule has 0 amide bonds. The molecular weight excluding hydrogens is 360 g/mol. The zero-order valence-electron chi connectivity index (χ0n) is 14.0. The second-order valence-corrected chi connectivity index (χ2v) is 7.25. The summed E-state index contributed by atoms with van der Waals surface area (Å²) in [6.07, 6.45) is 5.84. The van der Waals surface area contributed by atoms with Gasteiger partial charge in [-0.2, -0.15) is 5.10 Å². The normalized spacial score (nSPS) is 11.6. The molecule has 0 saturated heterocycles. The summed E-state index contributed by atoms with van der Waals surface area (Å²) in [5, 5.41) is 4.08. The SMILES string of the molecule is Cn1cc(S(=O)(=O)NCc2cccnc2-n2cccn2)c(=O)n(C)c1=O. The highest BCUT2D eigenvalue weighted by molar-refractivity contribution is 7.89. The van der Waals surface area contributed by atoms with Crippen LogP contribution in [0, 0.1) is 0 Å². The van der Waals surface area contributed by atoms with Crippen LogP contribution in [0.15, 0.2) is 57.5 Å². The number of aryl methyl sites for hydroxylation is 1. The zero-order valence-corrected chi connectivity index (χ0v) is 14.8. The number of rotatable bonds is 5. The van der Waals surface area contributed by atoms with Crippen molar-refractivity contribution in [3.05, 3.63) is 69.4 Å². The second kappa shape index (κ2) is 6.69. The first-order valence-corrected chi connectivity index (χ1v) is 9.00. The molecule has 136 valence electrons. The van der Waals surface area contributed by atoms with Crippen molar-refractivity contribution < 1.29 is 8.42 Å². The predicted molar refractivity (Wildman–Crippen MR) is 92.3 cm³/mol. The molecule has 10 nitrogen and oxygen atoms in total. The highest BCUT2D eigenvalue weighted by Gasteiger charge is 2.21. The Hall–Kier alpha value is -3.05. The van der Waals surface area contributed by atoms with Gasteiger partial charge in [0.15, 0.2) is 10.7 Å². The summed E-state index contributed by atoms with van der Waals surface area (Å²) in [6, 6.07) is 5.09. The van der Waals surface area contributed by atoms with Crippen molar-refractivity contribution in [3.63, 3.8) is 0 Å². The van der Waals surface area contributed by atoms with Gasteiger partial charge < -0.3 is 4.57 Å². The van der Waals surface area contributed by atoms with Crippen molar-refractivity contribution in [3.8, 4) is 5.82 Å². The number of nitrogens with zero attached hydrogens (tertiary/aromatic N) is 5. The van der Waals surface area contributed by atoms with Gasteiger partial charge in [-0.25, -0.2) is 27.6 Å². The van der Waals surface area contributed by atoms with Crippen LogP contribution in [0.3, 0.4) is 0 Å². The van der Waals surface area contributed by atoms with Gasteiger partial charge in [0.25, 0.3) is 5.56 Å². The minimum Gasteiger partial charge on any atom is -0.302 e. The van der Waals surface area contributed by atoms with Crippen LogP contribution in [0.1, 0.15) is 5.56 Å². The molecule has 0 radical (unpaired) electrons. The molecule has 0 fully saturated rings. The number of pyridine rings is 1. The summed E-state index contributed by atoms with van der Waals surface area (Å²) in [4.78, 5) is 27.6. The van der Waals surface area contributed by atoms with E-state index in [0.717, 1.165) is 15.3 Å². The molecule has 3 rings (SSSR count). The third kappa shape index (κ3) is 3.21. The molecular formula is C15H16N6O4S. The third-order valence-corrected chi connectivity index (χ3v) is 5.13. The van der Waals surface area contributed by atoms with Crippen LogP contribution >= 0.6 is 0 Å². The first-order chi connectivity index (χ1) is 12.3. The first kappa shape index (κ1) is 17.8. The Morgan fingerprint density at radius 1 is 1.15 bits per heavy atom. The van der Waals surface area contributed by atoms with Crippen molar-refractivity contribution in [2.24, 2.45) is 14.1 Å². The molecule has 1 N–H and O–H groups in total. The Labute approximate surface area is 148 Å². The Balaban J connectivity index is 1.94. The molecule has 0 aliphatic heterocycles. The van der Waals surface area contributed by atoms with Crippen LogP contribution in [-0.4, -0.2) is 32.3 Å². The standard InChI is InChI=1S/C15H16N6O4S/c1-19-10-12(14(22)20(2)15(19)23)26(24,25)18-9-11-5-3-6-16-13(11)21-8-4-7-17-21/h3-8,10,18H,9H2,1-2H3. The molecule has 0 atom stereocenters. The lowest BCUT2D eigenvalue weighted by Crippen LogP contribution is -2.41. The van der Waals surface area contributed by atoms with Crippen LogP contribution in [-0.2, 0) is 30.7 Å². The Morgan fingerprint density at radius 2 is 1.92 bits per heavy atom. The summed E-state index contributed by atoms with van der Waals surface area (Å²) in [6.45, 7) is -0.0998. The topological polar surface area (TPSA) is 121 Å². The van der Waals surface area contributed by atoms with E-state index in [1.807, 2.05) is 0 Å². The van der Waals surface area contributed by atoms with E-state index in [4.69, 9.17) is 0 Å². The minimum absolute atomic E-state index is 0.0998. The molecule has 0 aromatic carbocycles. The lowest BCUT2D eigenvalue weighted by atomic mass is 10.2. The summed E-state index contributed by atoms with van der Waals surface area (Å²) < 4.78 is 30.8. The fraction of sp³-hybridized carbons (Fsp3) is 0.200. The molecule has 0 aliphatic rings. The lowest BCUT2D eigenvalue weighted by Gasteiger charge is -2.11. The van der Waals surface area contributed by atoms with E-state index in [1.165, 1.54) is 18.8 Å². The third-order valence-electron chi connectivity index (χ3n) is 3.75. The number of hydrogen-bond donors (Lipinski definition) is 1. The van der Waals surface area contributed by atoms with E-state index < -0.39 is 26.2 Å². The van der Waals surface area contributed by atoms with Gasteiger partial charge in [0.2, 0.25) is 10.0 Å². The fourth-order valence-electron chi connectivity index (χ4n) is 2.38. The van der Waals surface area contributed by atoms with Crippen molar-refractivity contribution in [1.29, 1.82) is 0 Å². The summed E-state index contributed by atoms with van der Waals surface area (Å²) in [5.41, 5.74) is -0.928. The van der Waals surface area contributed by atoms with Gasteiger partial charge in [0.1, 0.15) is 0 Å². The molecule has 11 heteroatoms. The quantitative estimate of drug-likeness (QED) is 0.619. The fourth-order valence-corrected chi connectivity index (χ4v) is 3.54. The second-order valence-electron chi connectivity index (χ2n) is 5.51. The Bertz CT molecular complexity index is 1160. The van der Waals surface area contributed by atoms with Crippen LogP contribution < -0.4 is 16.0 Å². The molecule has 0 saturated carbocycles. The van der Waals surface area contributed by atoms with Crippen molar-refractivity contribution in [1.82, 2.24) is 28.6 Å². The van der Waals surface area contributed by atoms with Gasteiger partial charge in [0.05, 0.1) is 0 Å². The molecule has 3 aromatic rings. The summed E-state index contributed by atoms with van der Waals surface area (Å²) in [7, 11) is -1.54. The van der Waals surface area contributed by atoms with Crippen LogP contribution in [0.4, 0.5) is 0 Å². The number of nitrogens with one attached hydrogen (secondary N) is 1. The van der Waals surface area contributed by atoms with Crippen molar-refractivity contribution in [2.75, 3.05) is 0 Å². The summed E-state index contributed by atoms with van der Waals surface area (Å²) >= 11 is 0. The monoisotopic (exact) mass is 376 g/mol. The van der Waals surface area contributed by atoms with Gasteiger partial charge >= 0.3 is 5.69 Å². The van der Waals surface area contributed by atoms with E-state index in [0.29, 0.717) is 11.4 Å². The maximum atomic E-state index is 12.6. The van der Waals surface area contributed by atoms with Gasteiger partial charge in [-0.15, -0.1) is 0 Å². The maximum absolute atomic E-state index is 12.6. The highest BCUT2D eigenvalue weighted by Crippen LogP contribution is 2.11. The largest absolute Gasteiger partial charge is 0.330 e. The van der Waals surface area contributed by atoms with Gasteiger partial charge in [-0.3, -0.25) is 9.36 Å². The van der Waals surface area contributed by atoms with Crippen LogP contribution in [0.5, 0.6) is 0 Å². The molecule has 0 unspecified atom stereocenters. The van der Waals surface area contributed by atoms with Gasteiger partial charge in [-0.1, -0.05) is 6.07 Å². The number of sulfonamides is 1. The maximum Gasteiger partial charge on any atom is 0.330 e. The van der Waals surface area contributed by atoms with Crippen LogP contribution in [0.2, 0.25) is 0 Å². The number of hydrogen-bond acceptors (Lipinski definition) is 6. The Morgan fingerprint density at radius 3 is 2.62 bits per heavy atom. The van der Waals surface area contributed by atoms with E-state index in [9.17, 15) is 18.0 Å². The molecule has 0 bridgehead atoms. The minimum atomic E-state index is -4.14. The van der Waals surface area contributed by atoms with E-state index in [2.05, 4.69) is 14.8 Å². The smallest absolute Gasteiger partial charge is 0.302 e. The zero-order chi connectivity index (χ0) is 18.9. The average molecular weight is 376 g/mol. The summed E-state index contributed by atoms with van der Waals surface area (Å²) in [5.74, 6) is 0.466. The van der Waals surface area contributed by atoms with Gasteiger partial charge in [-0.05, 0) is 12.1 Å². The van der Waals surface area contributed by atoms with E-state index in [-0.39, 0.29) is 6.54 Å². The van der Waals surface area contributed by atoms with Crippen molar-refractivity contribution in [2.45, 2.75) is 11.4 Å². The Kier molecular flexibility index (Phi) is 4.57. The molecule has 0 aliphatic carbocycles. The van der Waals surface area contributed by atoms with E-state index >= 15 is 0 Å². The molecule has 3 aromatic heterocycles. The molecule has 26 heavy (non-hydrogen) atoms. The van der Waals surface area contributed by atoms with Gasteiger partial charge in [0, 0.05) is 51.0 Å². The predicted octanol–water partition coefficient (Wildman–Crippen LogP) is -0.857. The van der Waals surface area contributed by atoms with Crippen LogP contribution in [0.25, 0.3) is 5.82 Å². The lowest BCUT2D eigenvalue weighted by molar-refractivity contribution is 0.570. The van der Waals surface area contributed by atoms with Crippen molar-refractivity contribution >= 4 is 10.0 Å². The molecule has 3 heterocycles. The number of aromatic nitrogens is 5. The van der Waals surface area contributed by atoms with E-state index in [1.54, 1.807) is 36.8 Å². The highest BCUT2D eigenvalue weighted by atomic mass is 32.2.